The Balaban J connectivity index is 1.79. The Morgan fingerprint density at radius 1 is 1.14 bits per heavy atom. The zero-order valence-corrected chi connectivity index (χ0v) is 22.7. The van der Waals surface area contributed by atoms with Gasteiger partial charge in [-0.3, -0.25) is 14.3 Å². The smallest absolute Gasteiger partial charge is 0.289 e. The molecule has 0 spiro atoms. The summed E-state index contributed by atoms with van der Waals surface area (Å²) < 4.78 is 7.22. The van der Waals surface area contributed by atoms with Crippen molar-refractivity contribution < 1.29 is 14.6 Å². The minimum Gasteiger partial charge on any atom is -0.507 e. The minimum absolute atomic E-state index is 0.0146. The fraction of sp³-hybridized carbons (Fsp3) is 0.464. The maximum atomic E-state index is 13.0. The monoisotopic (exact) mass is 506 g/mol. The molecule has 1 saturated heterocycles. The topological polar surface area (TPSA) is 95.8 Å². The zero-order chi connectivity index (χ0) is 26.7. The number of aromatic nitrogens is 3. The van der Waals surface area contributed by atoms with Crippen molar-refractivity contribution in [3.05, 3.63) is 52.8 Å². The number of methoxy groups -OCH3 is 1. The summed E-state index contributed by atoms with van der Waals surface area (Å²) in [5.41, 5.74) is 4.56. The first-order valence-electron chi connectivity index (χ1n) is 12.9. The van der Waals surface area contributed by atoms with Gasteiger partial charge in [0.05, 0.1) is 12.7 Å². The SMILES string of the molecule is CCNC(=O)c1nnc(-c2cc(C(C)C)c(OC)cc2O)n1-c1ccc(CN2CCN(C)CC2)c(C)c1. The van der Waals surface area contributed by atoms with Gasteiger partial charge >= 0.3 is 0 Å². The number of amides is 1. The van der Waals surface area contributed by atoms with Crippen LogP contribution in [0.4, 0.5) is 0 Å². The Labute approximate surface area is 219 Å². The summed E-state index contributed by atoms with van der Waals surface area (Å²) in [4.78, 5) is 17.8. The van der Waals surface area contributed by atoms with Gasteiger partial charge in [0, 0.05) is 51.0 Å². The molecule has 37 heavy (non-hydrogen) atoms. The molecule has 0 bridgehead atoms. The van der Waals surface area contributed by atoms with Gasteiger partial charge in [-0.25, -0.2) is 0 Å². The molecule has 198 valence electrons. The molecule has 1 aliphatic heterocycles. The van der Waals surface area contributed by atoms with Crippen LogP contribution in [-0.4, -0.2) is 82.5 Å². The van der Waals surface area contributed by atoms with Gasteiger partial charge < -0.3 is 20.1 Å². The summed E-state index contributed by atoms with van der Waals surface area (Å²) in [5, 5.41) is 22.4. The van der Waals surface area contributed by atoms with E-state index in [1.54, 1.807) is 17.7 Å². The highest BCUT2D eigenvalue weighted by molar-refractivity contribution is 5.92. The predicted octanol–water partition coefficient (Wildman–Crippen LogP) is 3.58. The van der Waals surface area contributed by atoms with Crippen molar-refractivity contribution in [1.29, 1.82) is 0 Å². The average Bonchev–Trinajstić information content (AvgIpc) is 3.31. The summed E-state index contributed by atoms with van der Waals surface area (Å²) in [6.45, 7) is 13.7. The summed E-state index contributed by atoms with van der Waals surface area (Å²) >= 11 is 0. The lowest BCUT2D eigenvalue weighted by molar-refractivity contribution is 0.0943. The Kier molecular flexibility index (Phi) is 8.14. The minimum atomic E-state index is -0.322. The summed E-state index contributed by atoms with van der Waals surface area (Å²) in [5.74, 6) is 1.03. The zero-order valence-electron chi connectivity index (χ0n) is 22.7. The van der Waals surface area contributed by atoms with E-state index in [9.17, 15) is 9.90 Å². The maximum Gasteiger partial charge on any atom is 0.289 e. The van der Waals surface area contributed by atoms with E-state index in [1.807, 2.05) is 19.1 Å². The fourth-order valence-corrected chi connectivity index (χ4v) is 4.73. The molecule has 0 saturated carbocycles. The van der Waals surface area contributed by atoms with Gasteiger partial charge in [0.2, 0.25) is 5.82 Å². The van der Waals surface area contributed by atoms with Gasteiger partial charge in [0.15, 0.2) is 5.82 Å². The highest BCUT2D eigenvalue weighted by atomic mass is 16.5. The Bertz CT molecular complexity index is 1260. The molecule has 2 heterocycles. The summed E-state index contributed by atoms with van der Waals surface area (Å²) in [6, 6.07) is 9.64. The number of aryl methyl sites for hydroxylation is 1. The number of nitrogens with one attached hydrogen (secondary N) is 1. The van der Waals surface area contributed by atoms with Crippen LogP contribution in [0.1, 0.15) is 54.0 Å². The predicted molar refractivity (Wildman–Crippen MR) is 145 cm³/mol. The number of carbonyl (C=O) groups excluding carboxylic acids is 1. The van der Waals surface area contributed by atoms with E-state index in [1.165, 1.54) is 5.56 Å². The van der Waals surface area contributed by atoms with E-state index >= 15 is 0 Å². The molecule has 9 heteroatoms. The third kappa shape index (κ3) is 5.62. The first-order valence-corrected chi connectivity index (χ1v) is 12.9. The van der Waals surface area contributed by atoms with Crippen LogP contribution in [0, 0.1) is 6.92 Å². The van der Waals surface area contributed by atoms with Gasteiger partial charge in [-0.15, -0.1) is 10.2 Å². The maximum absolute atomic E-state index is 13.0. The number of ether oxygens (including phenoxy) is 1. The van der Waals surface area contributed by atoms with Crippen LogP contribution in [0.25, 0.3) is 17.1 Å². The van der Waals surface area contributed by atoms with Crippen LogP contribution in [0.5, 0.6) is 11.5 Å². The largest absolute Gasteiger partial charge is 0.507 e. The molecule has 1 aromatic heterocycles. The molecule has 9 nitrogen and oxygen atoms in total. The number of rotatable bonds is 8. The van der Waals surface area contributed by atoms with Crippen molar-refractivity contribution >= 4 is 5.91 Å². The van der Waals surface area contributed by atoms with Crippen molar-refractivity contribution in [3.63, 3.8) is 0 Å². The van der Waals surface area contributed by atoms with Crippen LogP contribution < -0.4 is 10.1 Å². The number of carbonyl (C=O) groups is 1. The van der Waals surface area contributed by atoms with Crippen molar-refractivity contribution in [2.75, 3.05) is 46.9 Å². The standard InChI is InChI=1S/C28H38N6O3/c1-7-29-28(36)27-31-30-26(23-15-22(18(2)3)25(37-6)16-24(23)35)34(27)21-9-8-20(19(4)14-21)17-33-12-10-32(5)11-13-33/h8-9,14-16,18,35H,7,10-13,17H2,1-6H3,(H,29,36). The molecule has 0 unspecified atom stereocenters. The number of hydrogen-bond donors (Lipinski definition) is 2. The van der Waals surface area contributed by atoms with E-state index in [0.29, 0.717) is 23.7 Å². The van der Waals surface area contributed by atoms with Gasteiger partial charge in [-0.1, -0.05) is 19.9 Å². The van der Waals surface area contributed by atoms with Crippen molar-refractivity contribution in [3.8, 4) is 28.6 Å². The normalized spacial score (nSPS) is 14.8. The van der Waals surface area contributed by atoms with E-state index in [-0.39, 0.29) is 23.4 Å². The lowest BCUT2D eigenvalue weighted by Crippen LogP contribution is -2.43. The van der Waals surface area contributed by atoms with Crippen molar-refractivity contribution in [2.24, 2.45) is 0 Å². The van der Waals surface area contributed by atoms with Crippen LogP contribution >= 0.6 is 0 Å². The second-order valence-electron chi connectivity index (χ2n) is 10.00. The van der Waals surface area contributed by atoms with E-state index < -0.39 is 0 Å². The first-order chi connectivity index (χ1) is 17.7. The third-order valence-corrected chi connectivity index (χ3v) is 6.99. The number of aromatic hydroxyl groups is 1. The Hall–Kier alpha value is -3.43. The van der Waals surface area contributed by atoms with Crippen molar-refractivity contribution in [1.82, 2.24) is 29.9 Å². The number of likely N-dealkylation sites (N-methyl/N-ethyl adjacent to an activating group) is 1. The molecular weight excluding hydrogens is 468 g/mol. The molecule has 3 aromatic rings. The number of piperazine rings is 1. The number of phenols is 1. The molecule has 2 N–H and O–H groups in total. The molecule has 0 atom stereocenters. The van der Waals surface area contributed by atoms with Crippen LogP contribution in [0.15, 0.2) is 30.3 Å². The highest BCUT2D eigenvalue weighted by Gasteiger charge is 2.25. The fourth-order valence-electron chi connectivity index (χ4n) is 4.73. The number of nitrogens with zero attached hydrogens (tertiary/aromatic N) is 5. The van der Waals surface area contributed by atoms with E-state index in [0.717, 1.165) is 49.5 Å². The van der Waals surface area contributed by atoms with Crippen LogP contribution in [0.3, 0.4) is 0 Å². The molecule has 0 radical (unpaired) electrons. The highest BCUT2D eigenvalue weighted by Crippen LogP contribution is 2.38. The molecular formula is C28H38N6O3. The second-order valence-corrected chi connectivity index (χ2v) is 10.00. The van der Waals surface area contributed by atoms with E-state index in [4.69, 9.17) is 4.74 Å². The van der Waals surface area contributed by atoms with Crippen LogP contribution in [0.2, 0.25) is 0 Å². The quantitative estimate of drug-likeness (QED) is 0.482. The second kappa shape index (κ2) is 11.3. The molecule has 2 aromatic carbocycles. The lowest BCUT2D eigenvalue weighted by atomic mass is 9.98. The van der Waals surface area contributed by atoms with E-state index in [2.05, 4.69) is 65.3 Å². The Morgan fingerprint density at radius 2 is 1.86 bits per heavy atom. The summed E-state index contributed by atoms with van der Waals surface area (Å²) in [7, 11) is 3.74. The van der Waals surface area contributed by atoms with Crippen LogP contribution in [-0.2, 0) is 6.54 Å². The first kappa shape index (κ1) is 26.6. The summed E-state index contributed by atoms with van der Waals surface area (Å²) in [6.07, 6.45) is 0. The molecule has 1 aliphatic rings. The van der Waals surface area contributed by atoms with Gasteiger partial charge in [-0.05, 0) is 61.7 Å². The van der Waals surface area contributed by atoms with Crippen molar-refractivity contribution in [2.45, 2.75) is 40.2 Å². The number of hydrogen-bond acceptors (Lipinski definition) is 7. The Morgan fingerprint density at radius 3 is 2.49 bits per heavy atom. The molecule has 4 rings (SSSR count). The molecule has 1 amide bonds. The number of benzene rings is 2. The third-order valence-electron chi connectivity index (χ3n) is 6.99. The van der Waals surface area contributed by atoms with Gasteiger partial charge in [0.1, 0.15) is 11.5 Å². The average molecular weight is 507 g/mol. The molecule has 1 fully saturated rings. The van der Waals surface area contributed by atoms with Gasteiger partial charge in [0.25, 0.3) is 5.91 Å². The van der Waals surface area contributed by atoms with Gasteiger partial charge in [-0.2, -0.15) is 0 Å². The lowest BCUT2D eigenvalue weighted by Gasteiger charge is -2.32. The number of phenolic OH excluding ortho intramolecular Hbond substituents is 1. The molecule has 0 aliphatic carbocycles.